The number of aryl methyl sites for hydroxylation is 2. The molecule has 0 fully saturated rings. The van der Waals surface area contributed by atoms with Crippen LogP contribution in [0.25, 0.3) is 0 Å². The Morgan fingerprint density at radius 1 is 0.629 bits per heavy atom. The third-order valence-corrected chi connectivity index (χ3v) is 7.97. The number of carboxylic acids is 1. The molecule has 1 N–H and O–H groups in total. The molecule has 0 amide bonds. The van der Waals surface area contributed by atoms with Gasteiger partial charge in [0.25, 0.3) is 0 Å². The maximum absolute atomic E-state index is 13.8. The number of benzene rings is 4. The summed E-state index contributed by atoms with van der Waals surface area (Å²) in [5.74, 6) is -1.75. The second-order valence-electron chi connectivity index (χ2n) is 8.37. The molecule has 0 heterocycles. The summed E-state index contributed by atoms with van der Waals surface area (Å²) in [6.45, 7) is 4.02. The minimum absolute atomic E-state index is 0.0220. The van der Waals surface area contributed by atoms with E-state index in [9.17, 15) is 19.5 Å². The molecule has 5 rings (SSSR count). The summed E-state index contributed by atoms with van der Waals surface area (Å²) in [5.41, 5.74) is 3.30. The van der Waals surface area contributed by atoms with E-state index in [4.69, 9.17) is 0 Å². The van der Waals surface area contributed by atoms with Gasteiger partial charge < -0.3 is 5.11 Å². The predicted octanol–water partition coefficient (Wildman–Crippen LogP) is 7.08. The molecule has 0 bridgehead atoms. The molecule has 4 nitrogen and oxygen atoms in total. The van der Waals surface area contributed by atoms with Crippen LogP contribution >= 0.6 is 23.5 Å². The van der Waals surface area contributed by atoms with Crippen LogP contribution in [0.4, 0.5) is 0 Å². The van der Waals surface area contributed by atoms with E-state index >= 15 is 0 Å². The Balaban J connectivity index is 1.67. The van der Waals surface area contributed by atoms with E-state index in [0.29, 0.717) is 20.9 Å². The summed E-state index contributed by atoms with van der Waals surface area (Å²) < 4.78 is 0. The molecule has 0 aromatic heterocycles. The summed E-state index contributed by atoms with van der Waals surface area (Å²) >= 11 is 2.86. The Morgan fingerprint density at radius 2 is 1.09 bits per heavy atom. The zero-order chi connectivity index (χ0) is 24.7. The van der Waals surface area contributed by atoms with Crippen molar-refractivity contribution in [1.29, 1.82) is 0 Å². The molecule has 6 heteroatoms. The van der Waals surface area contributed by atoms with E-state index in [2.05, 4.69) is 0 Å². The SMILES string of the molecule is Cc1ccc(Sc2ccc(Sc3ccc(C)cc3)c3c2C(=O)c2ccc(C(=O)O)cc2C3=O)cc1. The van der Waals surface area contributed by atoms with Crippen LogP contribution in [0.3, 0.4) is 0 Å². The van der Waals surface area contributed by atoms with Crippen molar-refractivity contribution in [3.05, 3.63) is 118 Å². The fourth-order valence-electron chi connectivity index (χ4n) is 3.98. The van der Waals surface area contributed by atoms with E-state index < -0.39 is 5.97 Å². The summed E-state index contributed by atoms with van der Waals surface area (Å²) in [5, 5.41) is 9.43. The van der Waals surface area contributed by atoms with Gasteiger partial charge in [-0.2, -0.15) is 0 Å². The highest BCUT2D eigenvalue weighted by Gasteiger charge is 2.35. The first-order valence-corrected chi connectivity index (χ1v) is 12.6. The summed E-state index contributed by atoms with van der Waals surface area (Å²) in [4.78, 5) is 42.3. The zero-order valence-corrected chi connectivity index (χ0v) is 20.6. The molecule has 0 atom stereocenters. The van der Waals surface area contributed by atoms with Gasteiger partial charge in [-0.05, 0) is 68.4 Å². The highest BCUT2D eigenvalue weighted by Crippen LogP contribution is 2.43. The number of rotatable bonds is 5. The van der Waals surface area contributed by atoms with Gasteiger partial charge in [0.15, 0.2) is 11.6 Å². The van der Waals surface area contributed by atoms with Crippen molar-refractivity contribution in [1.82, 2.24) is 0 Å². The van der Waals surface area contributed by atoms with Gasteiger partial charge in [-0.15, -0.1) is 0 Å². The number of hydrogen-bond donors (Lipinski definition) is 1. The lowest BCUT2D eigenvalue weighted by atomic mass is 9.83. The monoisotopic (exact) mass is 496 g/mol. The third-order valence-electron chi connectivity index (χ3n) is 5.84. The second-order valence-corrected chi connectivity index (χ2v) is 10.6. The van der Waals surface area contributed by atoms with Crippen LogP contribution in [0.5, 0.6) is 0 Å². The van der Waals surface area contributed by atoms with Crippen LogP contribution in [0.1, 0.15) is 53.3 Å². The molecule has 1 aliphatic rings. The summed E-state index contributed by atoms with van der Waals surface area (Å²) in [7, 11) is 0. The minimum Gasteiger partial charge on any atom is -0.478 e. The first-order chi connectivity index (χ1) is 16.8. The molecular formula is C29H20O4S2. The minimum atomic E-state index is -1.14. The number of carbonyl (C=O) groups excluding carboxylic acids is 2. The lowest BCUT2D eigenvalue weighted by molar-refractivity contribution is 0.0696. The standard InChI is InChI=1S/C29H20O4S2/c1-16-3-8-19(9-4-16)34-23-13-14-24(35-20-10-5-17(2)6-11-20)26-25(23)27(30)21-12-7-18(29(32)33)15-22(21)28(26)31/h3-15H,1-2H3,(H,32,33). The molecule has 172 valence electrons. The average Bonchev–Trinajstić information content (AvgIpc) is 2.85. The van der Waals surface area contributed by atoms with E-state index in [1.165, 1.54) is 41.7 Å². The van der Waals surface area contributed by atoms with Gasteiger partial charge in [0.05, 0.1) is 5.56 Å². The van der Waals surface area contributed by atoms with Crippen molar-refractivity contribution >= 4 is 41.1 Å². The van der Waals surface area contributed by atoms with Gasteiger partial charge in [-0.25, -0.2) is 4.79 Å². The van der Waals surface area contributed by atoms with E-state index in [1.807, 2.05) is 74.5 Å². The fraction of sp³-hybridized carbons (Fsp3) is 0.0690. The highest BCUT2D eigenvalue weighted by atomic mass is 32.2. The van der Waals surface area contributed by atoms with Crippen molar-refractivity contribution < 1.29 is 19.5 Å². The molecule has 0 saturated heterocycles. The van der Waals surface area contributed by atoms with Crippen molar-refractivity contribution in [3.63, 3.8) is 0 Å². The van der Waals surface area contributed by atoms with Crippen molar-refractivity contribution in [2.75, 3.05) is 0 Å². The van der Waals surface area contributed by atoms with Crippen molar-refractivity contribution in [2.45, 2.75) is 33.4 Å². The van der Waals surface area contributed by atoms with Gasteiger partial charge >= 0.3 is 5.97 Å². The highest BCUT2D eigenvalue weighted by molar-refractivity contribution is 8.00. The quantitative estimate of drug-likeness (QED) is 0.280. The number of carboxylic acid groups (broad SMARTS) is 1. The number of aromatic carboxylic acids is 1. The maximum atomic E-state index is 13.8. The molecule has 4 aromatic rings. The normalized spacial score (nSPS) is 12.3. The Hall–Kier alpha value is -3.61. The molecule has 0 unspecified atom stereocenters. The van der Waals surface area contributed by atoms with Crippen LogP contribution in [-0.2, 0) is 0 Å². The lowest BCUT2D eigenvalue weighted by Crippen LogP contribution is -2.23. The maximum Gasteiger partial charge on any atom is 0.335 e. The molecule has 35 heavy (non-hydrogen) atoms. The predicted molar refractivity (Wildman–Crippen MR) is 137 cm³/mol. The van der Waals surface area contributed by atoms with Gasteiger partial charge in [0, 0.05) is 41.8 Å². The topological polar surface area (TPSA) is 71.4 Å². The first-order valence-electron chi connectivity index (χ1n) is 10.9. The molecule has 0 spiro atoms. The molecule has 0 radical (unpaired) electrons. The van der Waals surface area contributed by atoms with Crippen molar-refractivity contribution in [3.8, 4) is 0 Å². The van der Waals surface area contributed by atoms with Gasteiger partial charge in [-0.1, -0.05) is 58.9 Å². The molecule has 0 aliphatic heterocycles. The first kappa shape index (κ1) is 23.1. The Kier molecular flexibility index (Phi) is 6.09. The van der Waals surface area contributed by atoms with Gasteiger partial charge in [0.2, 0.25) is 0 Å². The number of ketones is 2. The Morgan fingerprint density at radius 3 is 1.54 bits per heavy atom. The average molecular weight is 497 g/mol. The van der Waals surface area contributed by atoms with Crippen LogP contribution < -0.4 is 0 Å². The summed E-state index contributed by atoms with van der Waals surface area (Å²) in [6, 6.07) is 23.8. The van der Waals surface area contributed by atoms with Crippen LogP contribution in [0.2, 0.25) is 0 Å². The van der Waals surface area contributed by atoms with Gasteiger partial charge in [-0.3, -0.25) is 9.59 Å². The van der Waals surface area contributed by atoms with E-state index in [0.717, 1.165) is 20.9 Å². The number of hydrogen-bond acceptors (Lipinski definition) is 5. The third kappa shape index (κ3) is 4.43. The number of carbonyl (C=O) groups is 3. The smallest absolute Gasteiger partial charge is 0.335 e. The largest absolute Gasteiger partial charge is 0.478 e. The van der Waals surface area contributed by atoms with Gasteiger partial charge in [0.1, 0.15) is 0 Å². The van der Waals surface area contributed by atoms with Crippen LogP contribution in [0, 0.1) is 13.8 Å². The lowest BCUT2D eigenvalue weighted by Gasteiger charge is -2.23. The Labute approximate surface area is 211 Å². The summed E-state index contributed by atoms with van der Waals surface area (Å²) in [6.07, 6.45) is 0. The van der Waals surface area contributed by atoms with Crippen LogP contribution in [-0.4, -0.2) is 22.6 Å². The molecular weight excluding hydrogens is 476 g/mol. The molecule has 1 aliphatic carbocycles. The molecule has 0 saturated carbocycles. The molecule has 4 aromatic carbocycles. The van der Waals surface area contributed by atoms with Crippen molar-refractivity contribution in [2.24, 2.45) is 0 Å². The van der Waals surface area contributed by atoms with E-state index in [1.54, 1.807) is 0 Å². The van der Waals surface area contributed by atoms with Crippen LogP contribution in [0.15, 0.2) is 98.4 Å². The number of fused-ring (bicyclic) bond motifs is 2. The Bertz CT molecular complexity index is 1500. The zero-order valence-electron chi connectivity index (χ0n) is 19.0. The second kappa shape index (κ2) is 9.21. The fourth-order valence-corrected chi connectivity index (χ4v) is 5.90. The van der Waals surface area contributed by atoms with E-state index in [-0.39, 0.29) is 28.3 Å².